The van der Waals surface area contributed by atoms with Crippen LogP contribution < -0.4 is 10.1 Å². The third kappa shape index (κ3) is 6.03. The van der Waals surface area contributed by atoms with Crippen LogP contribution in [-0.4, -0.2) is 13.2 Å². The standard InChI is InChI=1S/C18H21NO.ClH/c1-2-14-20-18-11-7-6-10-17(18)15-19-13-12-16-8-4-3-5-9-16;/h2-11,19H,1,12-15H2;1H. The van der Waals surface area contributed by atoms with Crippen LogP contribution in [0.25, 0.3) is 0 Å². The Morgan fingerprint density at radius 1 is 1.00 bits per heavy atom. The zero-order valence-electron chi connectivity index (χ0n) is 12.1. The number of hydrogen-bond acceptors (Lipinski definition) is 2. The Hall–Kier alpha value is -1.77. The molecule has 0 radical (unpaired) electrons. The summed E-state index contributed by atoms with van der Waals surface area (Å²) in [6.45, 7) is 5.99. The van der Waals surface area contributed by atoms with Gasteiger partial charge < -0.3 is 10.1 Å². The third-order valence-electron chi connectivity index (χ3n) is 3.08. The second kappa shape index (κ2) is 10.0. The predicted octanol–water partition coefficient (Wildman–Crippen LogP) is 4.01. The molecule has 112 valence electrons. The van der Waals surface area contributed by atoms with E-state index < -0.39 is 0 Å². The van der Waals surface area contributed by atoms with Gasteiger partial charge in [-0.05, 0) is 24.6 Å². The summed E-state index contributed by atoms with van der Waals surface area (Å²) in [5, 5.41) is 3.46. The van der Waals surface area contributed by atoms with E-state index >= 15 is 0 Å². The maximum Gasteiger partial charge on any atom is 0.124 e. The van der Waals surface area contributed by atoms with Crippen molar-refractivity contribution >= 4 is 12.4 Å². The van der Waals surface area contributed by atoms with Gasteiger partial charge in [-0.2, -0.15) is 0 Å². The predicted molar refractivity (Wildman–Crippen MR) is 91.2 cm³/mol. The second-order valence-corrected chi connectivity index (χ2v) is 4.62. The van der Waals surface area contributed by atoms with E-state index in [1.807, 2.05) is 24.3 Å². The number of nitrogens with one attached hydrogen (secondary N) is 1. The lowest BCUT2D eigenvalue weighted by Gasteiger charge is -2.11. The fourth-order valence-electron chi connectivity index (χ4n) is 2.04. The minimum Gasteiger partial charge on any atom is -0.489 e. The van der Waals surface area contributed by atoms with Crippen molar-refractivity contribution in [2.75, 3.05) is 13.2 Å². The molecule has 2 rings (SSSR count). The highest BCUT2D eigenvalue weighted by molar-refractivity contribution is 5.85. The van der Waals surface area contributed by atoms with Crippen molar-refractivity contribution in [2.45, 2.75) is 13.0 Å². The lowest BCUT2D eigenvalue weighted by molar-refractivity contribution is 0.358. The van der Waals surface area contributed by atoms with E-state index in [1.54, 1.807) is 6.08 Å². The highest BCUT2D eigenvalue weighted by Gasteiger charge is 2.01. The molecule has 0 unspecified atom stereocenters. The highest BCUT2D eigenvalue weighted by Crippen LogP contribution is 2.17. The molecule has 0 amide bonds. The Morgan fingerprint density at radius 2 is 1.71 bits per heavy atom. The summed E-state index contributed by atoms with van der Waals surface area (Å²) in [4.78, 5) is 0. The molecule has 0 aromatic heterocycles. The van der Waals surface area contributed by atoms with Crippen molar-refractivity contribution in [3.8, 4) is 5.75 Å². The first kappa shape index (κ1) is 17.3. The average molecular weight is 304 g/mol. The molecule has 21 heavy (non-hydrogen) atoms. The van der Waals surface area contributed by atoms with Crippen LogP contribution in [0.3, 0.4) is 0 Å². The first-order valence-corrected chi connectivity index (χ1v) is 6.96. The normalized spacial score (nSPS) is 9.71. The molecule has 3 heteroatoms. The number of hydrogen-bond donors (Lipinski definition) is 1. The zero-order valence-corrected chi connectivity index (χ0v) is 12.9. The SMILES string of the molecule is C=CCOc1ccccc1CNCCc1ccccc1.Cl. The van der Waals surface area contributed by atoms with E-state index in [0.717, 1.165) is 25.3 Å². The first-order valence-electron chi connectivity index (χ1n) is 6.96. The quantitative estimate of drug-likeness (QED) is 0.588. The number of benzene rings is 2. The van der Waals surface area contributed by atoms with Crippen LogP contribution in [0.5, 0.6) is 5.75 Å². The van der Waals surface area contributed by atoms with Gasteiger partial charge in [-0.3, -0.25) is 0 Å². The summed E-state index contributed by atoms with van der Waals surface area (Å²) >= 11 is 0. The minimum absolute atomic E-state index is 0. The molecule has 0 fully saturated rings. The van der Waals surface area contributed by atoms with Crippen LogP contribution in [0.1, 0.15) is 11.1 Å². The van der Waals surface area contributed by atoms with Crippen molar-refractivity contribution in [3.05, 3.63) is 78.4 Å². The van der Waals surface area contributed by atoms with Gasteiger partial charge in [-0.15, -0.1) is 12.4 Å². The van der Waals surface area contributed by atoms with E-state index in [-0.39, 0.29) is 12.4 Å². The van der Waals surface area contributed by atoms with Gasteiger partial charge in [0, 0.05) is 12.1 Å². The minimum atomic E-state index is 0. The summed E-state index contributed by atoms with van der Waals surface area (Å²) in [5.74, 6) is 0.930. The Kier molecular flexibility index (Phi) is 8.25. The van der Waals surface area contributed by atoms with Gasteiger partial charge in [-0.25, -0.2) is 0 Å². The smallest absolute Gasteiger partial charge is 0.124 e. The summed E-state index contributed by atoms with van der Waals surface area (Å²) in [6, 6.07) is 18.6. The van der Waals surface area contributed by atoms with Crippen molar-refractivity contribution in [2.24, 2.45) is 0 Å². The Morgan fingerprint density at radius 3 is 2.48 bits per heavy atom. The monoisotopic (exact) mass is 303 g/mol. The van der Waals surface area contributed by atoms with Gasteiger partial charge in [0.15, 0.2) is 0 Å². The number of halogens is 1. The molecule has 2 aromatic rings. The molecule has 0 heterocycles. The van der Waals surface area contributed by atoms with Crippen molar-refractivity contribution < 1.29 is 4.74 Å². The molecule has 0 aliphatic heterocycles. The van der Waals surface area contributed by atoms with Gasteiger partial charge in [0.1, 0.15) is 12.4 Å². The van der Waals surface area contributed by atoms with Crippen molar-refractivity contribution in [3.63, 3.8) is 0 Å². The van der Waals surface area contributed by atoms with E-state index in [2.05, 4.69) is 42.2 Å². The van der Waals surface area contributed by atoms with Crippen LogP contribution in [0.15, 0.2) is 67.3 Å². The Bertz CT molecular complexity index is 528. The molecule has 2 nitrogen and oxygen atoms in total. The second-order valence-electron chi connectivity index (χ2n) is 4.62. The molecule has 0 saturated carbocycles. The molecular weight excluding hydrogens is 282 g/mol. The lowest BCUT2D eigenvalue weighted by atomic mass is 10.1. The van der Waals surface area contributed by atoms with Gasteiger partial charge in [0.25, 0.3) is 0 Å². The molecule has 0 aliphatic carbocycles. The highest BCUT2D eigenvalue weighted by atomic mass is 35.5. The summed E-state index contributed by atoms with van der Waals surface area (Å²) in [6.07, 6.45) is 2.80. The first-order chi connectivity index (χ1) is 9.90. The number of rotatable bonds is 8. The molecular formula is C18H22ClNO. The van der Waals surface area contributed by atoms with Crippen molar-refractivity contribution in [1.29, 1.82) is 0 Å². The molecule has 1 N–H and O–H groups in total. The van der Waals surface area contributed by atoms with Crippen LogP contribution >= 0.6 is 12.4 Å². The Labute approximate surface area is 133 Å². The zero-order chi connectivity index (χ0) is 14.0. The van der Waals surface area contributed by atoms with Gasteiger partial charge in [-0.1, -0.05) is 61.2 Å². The number of para-hydroxylation sites is 1. The van der Waals surface area contributed by atoms with E-state index in [9.17, 15) is 0 Å². The van der Waals surface area contributed by atoms with Gasteiger partial charge in [0.05, 0.1) is 0 Å². The topological polar surface area (TPSA) is 21.3 Å². The van der Waals surface area contributed by atoms with Crippen molar-refractivity contribution in [1.82, 2.24) is 5.32 Å². The third-order valence-corrected chi connectivity index (χ3v) is 3.08. The van der Waals surface area contributed by atoms with E-state index in [0.29, 0.717) is 6.61 Å². The van der Waals surface area contributed by atoms with Gasteiger partial charge in [0.2, 0.25) is 0 Å². The molecule has 0 saturated heterocycles. The maximum atomic E-state index is 5.64. The fraction of sp³-hybridized carbons (Fsp3) is 0.222. The fourth-order valence-corrected chi connectivity index (χ4v) is 2.04. The summed E-state index contributed by atoms with van der Waals surface area (Å²) in [5.41, 5.74) is 2.54. The summed E-state index contributed by atoms with van der Waals surface area (Å²) < 4.78 is 5.64. The average Bonchev–Trinajstić information content (AvgIpc) is 2.51. The lowest BCUT2D eigenvalue weighted by Crippen LogP contribution is -2.17. The molecule has 0 aliphatic rings. The maximum absolute atomic E-state index is 5.64. The molecule has 0 atom stereocenters. The van der Waals surface area contributed by atoms with Crippen LogP contribution in [-0.2, 0) is 13.0 Å². The van der Waals surface area contributed by atoms with E-state index in [4.69, 9.17) is 4.74 Å². The van der Waals surface area contributed by atoms with Crippen LogP contribution in [0.2, 0.25) is 0 Å². The molecule has 0 spiro atoms. The molecule has 2 aromatic carbocycles. The van der Waals surface area contributed by atoms with E-state index in [1.165, 1.54) is 11.1 Å². The van der Waals surface area contributed by atoms with Gasteiger partial charge >= 0.3 is 0 Å². The van der Waals surface area contributed by atoms with Crippen LogP contribution in [0, 0.1) is 0 Å². The largest absolute Gasteiger partial charge is 0.489 e. The number of ether oxygens (including phenoxy) is 1. The summed E-state index contributed by atoms with van der Waals surface area (Å²) in [7, 11) is 0. The van der Waals surface area contributed by atoms with Crippen LogP contribution in [0.4, 0.5) is 0 Å². The Balaban J connectivity index is 0.00000220. The molecule has 0 bridgehead atoms.